The molecular weight excluding hydrogens is 377 g/mol. The van der Waals surface area contributed by atoms with Gasteiger partial charge in [0.25, 0.3) is 0 Å². The van der Waals surface area contributed by atoms with Crippen molar-refractivity contribution in [2.75, 3.05) is 30.8 Å². The summed E-state index contributed by atoms with van der Waals surface area (Å²) in [6, 6.07) is 6.13. The summed E-state index contributed by atoms with van der Waals surface area (Å²) in [6.45, 7) is 1.18. The molecule has 2 amide bonds. The van der Waals surface area contributed by atoms with Gasteiger partial charge in [-0.2, -0.15) is 0 Å². The van der Waals surface area contributed by atoms with Gasteiger partial charge in [0.15, 0.2) is 0 Å². The van der Waals surface area contributed by atoms with Crippen LogP contribution in [0.4, 0.5) is 29.6 Å². The molecule has 8 nitrogen and oxygen atoms in total. The van der Waals surface area contributed by atoms with Gasteiger partial charge in [-0.15, -0.1) is 13.2 Å². The highest BCUT2D eigenvalue weighted by molar-refractivity contribution is 5.90. The summed E-state index contributed by atoms with van der Waals surface area (Å²) in [5, 5.41) is 11.6. The lowest BCUT2D eigenvalue weighted by molar-refractivity contribution is -0.274. The highest BCUT2D eigenvalue weighted by Crippen LogP contribution is 2.27. The summed E-state index contributed by atoms with van der Waals surface area (Å²) in [4.78, 5) is 21.0. The largest absolute Gasteiger partial charge is 0.573 e. The molecule has 0 bridgehead atoms. The SMILES string of the molecule is CNc1nccc([C@]2(NC(=O)Nc3ccc(OC(F)(F)F)cc3)CCNC2)n1. The van der Waals surface area contributed by atoms with Crippen LogP contribution in [0.15, 0.2) is 36.5 Å². The number of alkyl halides is 3. The Labute approximate surface area is 158 Å². The Bertz CT molecular complexity index is 822. The molecule has 2 heterocycles. The third kappa shape index (κ3) is 4.80. The summed E-state index contributed by atoms with van der Waals surface area (Å²) < 4.78 is 40.5. The van der Waals surface area contributed by atoms with Gasteiger partial charge in [-0.3, -0.25) is 0 Å². The number of hydrogen-bond donors (Lipinski definition) is 4. The molecular formula is C17H19F3N6O2. The van der Waals surface area contributed by atoms with E-state index in [-0.39, 0.29) is 5.75 Å². The standard InChI is InChI=1S/C17H19F3N6O2/c1-21-14-23-8-6-13(25-14)16(7-9-22-10-16)26-15(27)24-11-2-4-12(5-3-11)28-17(18,19)20/h2-6,8,22H,7,9-10H2,1H3,(H,21,23,25)(H2,24,26,27)/t16-/m0/s1. The lowest BCUT2D eigenvalue weighted by Crippen LogP contribution is -2.49. The predicted octanol–water partition coefficient (Wildman–Crippen LogP) is 2.43. The fourth-order valence-corrected chi connectivity index (χ4v) is 2.95. The van der Waals surface area contributed by atoms with Crippen molar-refractivity contribution < 1.29 is 22.7 Å². The molecule has 28 heavy (non-hydrogen) atoms. The molecule has 4 N–H and O–H groups in total. The first-order valence-electron chi connectivity index (χ1n) is 8.47. The fraction of sp³-hybridized carbons (Fsp3) is 0.353. The second kappa shape index (κ2) is 7.89. The Morgan fingerprint density at radius 2 is 2.00 bits per heavy atom. The first kappa shape index (κ1) is 19.7. The number of halogens is 3. The third-order valence-electron chi connectivity index (χ3n) is 4.22. The smallest absolute Gasteiger partial charge is 0.406 e. The van der Waals surface area contributed by atoms with E-state index in [1.807, 2.05) is 0 Å². The van der Waals surface area contributed by atoms with Crippen LogP contribution in [0, 0.1) is 0 Å². The number of carbonyl (C=O) groups excluding carboxylic acids is 1. The Hall–Kier alpha value is -3.08. The minimum Gasteiger partial charge on any atom is -0.406 e. The number of anilines is 2. The molecule has 1 aliphatic rings. The van der Waals surface area contributed by atoms with E-state index in [4.69, 9.17) is 0 Å². The molecule has 11 heteroatoms. The van der Waals surface area contributed by atoms with Crippen molar-refractivity contribution in [3.63, 3.8) is 0 Å². The van der Waals surface area contributed by atoms with Crippen LogP contribution in [0.1, 0.15) is 12.1 Å². The van der Waals surface area contributed by atoms with Gasteiger partial charge in [0.1, 0.15) is 5.75 Å². The van der Waals surface area contributed by atoms with Gasteiger partial charge >= 0.3 is 12.4 Å². The third-order valence-corrected chi connectivity index (χ3v) is 4.22. The zero-order valence-corrected chi connectivity index (χ0v) is 14.9. The van der Waals surface area contributed by atoms with E-state index in [1.165, 1.54) is 12.1 Å². The van der Waals surface area contributed by atoms with Gasteiger partial charge in [-0.1, -0.05) is 0 Å². The van der Waals surface area contributed by atoms with Crippen molar-refractivity contribution in [2.24, 2.45) is 0 Å². The Balaban J connectivity index is 1.69. The Morgan fingerprint density at radius 3 is 2.61 bits per heavy atom. The van der Waals surface area contributed by atoms with E-state index in [9.17, 15) is 18.0 Å². The molecule has 0 spiro atoms. The number of benzene rings is 1. The van der Waals surface area contributed by atoms with Gasteiger partial charge in [-0.05, 0) is 43.3 Å². The molecule has 0 aliphatic carbocycles. The molecule has 1 aromatic heterocycles. The average molecular weight is 396 g/mol. The number of nitrogens with one attached hydrogen (secondary N) is 4. The van der Waals surface area contributed by atoms with Crippen LogP contribution in [-0.2, 0) is 5.54 Å². The number of rotatable bonds is 5. The molecule has 150 valence electrons. The van der Waals surface area contributed by atoms with Crippen molar-refractivity contribution in [1.82, 2.24) is 20.6 Å². The molecule has 0 saturated carbocycles. The number of carbonyl (C=O) groups is 1. The van der Waals surface area contributed by atoms with E-state index in [0.29, 0.717) is 36.8 Å². The first-order valence-corrected chi connectivity index (χ1v) is 8.47. The Morgan fingerprint density at radius 1 is 1.25 bits per heavy atom. The lowest BCUT2D eigenvalue weighted by atomic mass is 9.94. The number of urea groups is 1. The van der Waals surface area contributed by atoms with E-state index < -0.39 is 17.9 Å². The van der Waals surface area contributed by atoms with Gasteiger partial charge in [0.05, 0.1) is 11.2 Å². The highest BCUT2D eigenvalue weighted by Gasteiger charge is 2.39. The fourth-order valence-electron chi connectivity index (χ4n) is 2.95. The lowest BCUT2D eigenvalue weighted by Gasteiger charge is -2.29. The summed E-state index contributed by atoms with van der Waals surface area (Å²) in [5.74, 6) is 0.0711. The average Bonchev–Trinajstić information content (AvgIpc) is 3.12. The monoisotopic (exact) mass is 396 g/mol. The van der Waals surface area contributed by atoms with E-state index in [2.05, 4.69) is 36.0 Å². The highest BCUT2D eigenvalue weighted by atomic mass is 19.4. The summed E-state index contributed by atoms with van der Waals surface area (Å²) in [6.07, 6.45) is -2.54. The quantitative estimate of drug-likeness (QED) is 0.620. The second-order valence-corrected chi connectivity index (χ2v) is 6.18. The molecule has 1 atom stereocenters. The van der Waals surface area contributed by atoms with Gasteiger partial charge in [0, 0.05) is 25.5 Å². The molecule has 1 saturated heterocycles. The number of hydrogen-bond acceptors (Lipinski definition) is 6. The van der Waals surface area contributed by atoms with Crippen molar-refractivity contribution in [2.45, 2.75) is 18.3 Å². The molecule has 3 rings (SSSR count). The van der Waals surface area contributed by atoms with Gasteiger partial charge in [0.2, 0.25) is 5.95 Å². The van der Waals surface area contributed by atoms with Crippen LogP contribution in [0.3, 0.4) is 0 Å². The Kier molecular flexibility index (Phi) is 5.54. The molecule has 1 aliphatic heterocycles. The maximum atomic E-state index is 12.5. The van der Waals surface area contributed by atoms with E-state index in [0.717, 1.165) is 12.1 Å². The second-order valence-electron chi connectivity index (χ2n) is 6.18. The molecule has 2 aromatic rings. The molecule has 0 unspecified atom stereocenters. The minimum atomic E-state index is -4.77. The maximum absolute atomic E-state index is 12.5. The van der Waals surface area contributed by atoms with Crippen molar-refractivity contribution in [1.29, 1.82) is 0 Å². The first-order chi connectivity index (χ1) is 13.3. The van der Waals surface area contributed by atoms with Crippen LogP contribution in [0.5, 0.6) is 5.75 Å². The van der Waals surface area contributed by atoms with Crippen molar-refractivity contribution in [3.8, 4) is 5.75 Å². The number of ether oxygens (including phenoxy) is 1. The van der Waals surface area contributed by atoms with Crippen LogP contribution in [0.25, 0.3) is 0 Å². The summed E-state index contributed by atoms with van der Waals surface area (Å²) in [5.41, 5.74) is 0.255. The van der Waals surface area contributed by atoms with Crippen molar-refractivity contribution in [3.05, 3.63) is 42.2 Å². The van der Waals surface area contributed by atoms with Crippen LogP contribution in [-0.4, -0.2) is 42.5 Å². The van der Waals surface area contributed by atoms with Crippen LogP contribution < -0.4 is 26.0 Å². The zero-order chi connectivity index (χ0) is 20.2. The zero-order valence-electron chi connectivity index (χ0n) is 14.9. The molecule has 0 radical (unpaired) electrons. The normalized spacial score (nSPS) is 19.1. The molecule has 1 fully saturated rings. The van der Waals surface area contributed by atoms with Gasteiger partial charge < -0.3 is 26.0 Å². The number of nitrogens with zero attached hydrogens (tertiary/aromatic N) is 2. The topological polar surface area (TPSA) is 100 Å². The number of aromatic nitrogens is 2. The van der Waals surface area contributed by atoms with Crippen LogP contribution in [0.2, 0.25) is 0 Å². The maximum Gasteiger partial charge on any atom is 0.573 e. The minimum absolute atomic E-state index is 0.326. The van der Waals surface area contributed by atoms with E-state index in [1.54, 1.807) is 19.3 Å². The number of amides is 2. The summed E-state index contributed by atoms with van der Waals surface area (Å²) in [7, 11) is 1.70. The van der Waals surface area contributed by atoms with Crippen LogP contribution >= 0.6 is 0 Å². The van der Waals surface area contributed by atoms with E-state index >= 15 is 0 Å². The predicted molar refractivity (Wildman–Crippen MR) is 96.0 cm³/mol. The van der Waals surface area contributed by atoms with Gasteiger partial charge in [-0.25, -0.2) is 14.8 Å². The summed E-state index contributed by atoms with van der Waals surface area (Å²) >= 11 is 0. The van der Waals surface area contributed by atoms with Crippen molar-refractivity contribution >= 4 is 17.7 Å². The molecule has 1 aromatic carbocycles.